The summed E-state index contributed by atoms with van der Waals surface area (Å²) in [5, 5.41) is 11.6. The topological polar surface area (TPSA) is 34.0 Å². The van der Waals surface area contributed by atoms with Crippen molar-refractivity contribution in [1.29, 1.82) is 0 Å². The number of likely N-dealkylation sites (tertiary alicyclic amines) is 1. The molecule has 0 spiro atoms. The van der Waals surface area contributed by atoms with E-state index < -0.39 is 0 Å². The molecule has 6 heteroatoms. The van der Waals surface area contributed by atoms with Gasteiger partial charge in [0, 0.05) is 23.2 Å². The predicted molar refractivity (Wildman–Crippen MR) is 93.7 cm³/mol. The molecule has 3 rings (SSSR count). The van der Waals surface area contributed by atoms with Gasteiger partial charge in [0.1, 0.15) is 6.33 Å². The SMILES string of the molecule is CN1CCCCC1CCSc1nncn1CCc1cccs1. The van der Waals surface area contributed by atoms with Crippen molar-refractivity contribution in [3.8, 4) is 0 Å². The second kappa shape index (κ2) is 8.13. The van der Waals surface area contributed by atoms with Crippen LogP contribution in [0.4, 0.5) is 0 Å². The third-order valence-electron chi connectivity index (χ3n) is 4.36. The molecular weight excluding hydrogens is 312 g/mol. The standard InChI is InChI=1S/C16H24N4S2/c1-19-9-3-2-5-14(19)8-12-22-16-18-17-13-20(16)10-7-15-6-4-11-21-15/h4,6,11,13-14H,2-3,5,7-10,12H2,1H3. The third-order valence-corrected chi connectivity index (χ3v) is 6.31. The Labute approximate surface area is 140 Å². The normalized spacial score (nSPS) is 19.6. The molecule has 1 aliphatic heterocycles. The molecule has 0 aromatic carbocycles. The van der Waals surface area contributed by atoms with Gasteiger partial charge in [-0.05, 0) is 50.7 Å². The van der Waals surface area contributed by atoms with Gasteiger partial charge in [0.15, 0.2) is 5.16 Å². The molecule has 120 valence electrons. The molecule has 22 heavy (non-hydrogen) atoms. The van der Waals surface area contributed by atoms with E-state index in [1.165, 1.54) is 37.1 Å². The van der Waals surface area contributed by atoms with Crippen molar-refractivity contribution in [2.24, 2.45) is 0 Å². The minimum Gasteiger partial charge on any atom is -0.308 e. The van der Waals surface area contributed by atoms with Gasteiger partial charge in [0.05, 0.1) is 0 Å². The number of piperidine rings is 1. The molecule has 0 radical (unpaired) electrons. The lowest BCUT2D eigenvalue weighted by Gasteiger charge is -2.32. The molecule has 1 fully saturated rings. The number of thioether (sulfide) groups is 1. The highest BCUT2D eigenvalue weighted by atomic mass is 32.2. The minimum atomic E-state index is 0.753. The van der Waals surface area contributed by atoms with Crippen LogP contribution in [0, 0.1) is 0 Å². The Morgan fingerprint density at radius 1 is 1.41 bits per heavy atom. The zero-order chi connectivity index (χ0) is 15.2. The number of rotatable bonds is 7. The van der Waals surface area contributed by atoms with Gasteiger partial charge in [-0.3, -0.25) is 0 Å². The summed E-state index contributed by atoms with van der Waals surface area (Å²) in [6.07, 6.45) is 8.27. The molecule has 2 aromatic rings. The van der Waals surface area contributed by atoms with Gasteiger partial charge in [0.25, 0.3) is 0 Å². The average molecular weight is 337 g/mol. The summed E-state index contributed by atoms with van der Waals surface area (Å²) in [6.45, 7) is 2.23. The summed E-state index contributed by atoms with van der Waals surface area (Å²) in [5.74, 6) is 1.13. The average Bonchev–Trinajstić information content (AvgIpc) is 3.18. The van der Waals surface area contributed by atoms with Crippen LogP contribution in [0.2, 0.25) is 0 Å². The third kappa shape index (κ3) is 4.33. The molecule has 0 N–H and O–H groups in total. The lowest BCUT2D eigenvalue weighted by molar-refractivity contribution is 0.182. The van der Waals surface area contributed by atoms with Crippen LogP contribution in [0.5, 0.6) is 0 Å². The maximum Gasteiger partial charge on any atom is 0.191 e. The van der Waals surface area contributed by atoms with Crippen LogP contribution in [0.3, 0.4) is 0 Å². The van der Waals surface area contributed by atoms with Crippen LogP contribution in [0.25, 0.3) is 0 Å². The Kier molecular flexibility index (Phi) is 5.92. The van der Waals surface area contributed by atoms with Crippen molar-refractivity contribution < 1.29 is 0 Å². The van der Waals surface area contributed by atoms with Crippen molar-refractivity contribution in [3.63, 3.8) is 0 Å². The first-order valence-corrected chi connectivity index (χ1v) is 9.92. The van der Waals surface area contributed by atoms with Crippen LogP contribution in [0.15, 0.2) is 29.0 Å². The Bertz CT molecular complexity index is 552. The summed E-state index contributed by atoms with van der Waals surface area (Å²) in [5.41, 5.74) is 0. The molecule has 0 saturated carbocycles. The van der Waals surface area contributed by atoms with E-state index in [0.717, 1.165) is 29.9 Å². The zero-order valence-electron chi connectivity index (χ0n) is 13.1. The molecule has 1 atom stereocenters. The van der Waals surface area contributed by atoms with Crippen molar-refractivity contribution in [1.82, 2.24) is 19.7 Å². The van der Waals surface area contributed by atoms with E-state index in [1.54, 1.807) is 0 Å². The Morgan fingerprint density at radius 3 is 3.18 bits per heavy atom. The fourth-order valence-corrected chi connectivity index (χ4v) is 4.67. The molecule has 1 aliphatic rings. The summed E-state index contributed by atoms with van der Waals surface area (Å²) >= 11 is 3.67. The molecule has 3 heterocycles. The fourth-order valence-electron chi connectivity index (χ4n) is 2.99. The highest BCUT2D eigenvalue weighted by Crippen LogP contribution is 2.23. The van der Waals surface area contributed by atoms with Crippen molar-refractivity contribution >= 4 is 23.1 Å². The molecule has 1 unspecified atom stereocenters. The Balaban J connectivity index is 1.45. The van der Waals surface area contributed by atoms with Crippen LogP contribution in [0.1, 0.15) is 30.6 Å². The van der Waals surface area contributed by atoms with Gasteiger partial charge in [-0.25, -0.2) is 0 Å². The second-order valence-electron chi connectivity index (χ2n) is 5.90. The van der Waals surface area contributed by atoms with Gasteiger partial charge < -0.3 is 9.47 Å². The van der Waals surface area contributed by atoms with E-state index in [9.17, 15) is 0 Å². The van der Waals surface area contributed by atoms with Crippen molar-refractivity contribution in [3.05, 3.63) is 28.7 Å². The molecule has 4 nitrogen and oxygen atoms in total. The first-order chi connectivity index (χ1) is 10.8. The summed E-state index contributed by atoms with van der Waals surface area (Å²) in [4.78, 5) is 3.94. The summed E-state index contributed by atoms with van der Waals surface area (Å²) < 4.78 is 2.19. The van der Waals surface area contributed by atoms with Crippen LogP contribution >= 0.6 is 23.1 Å². The van der Waals surface area contributed by atoms with Gasteiger partial charge in [-0.15, -0.1) is 21.5 Å². The van der Waals surface area contributed by atoms with Crippen molar-refractivity contribution in [2.75, 3.05) is 19.3 Å². The number of aryl methyl sites for hydroxylation is 2. The summed E-state index contributed by atoms with van der Waals surface area (Å²) in [6, 6.07) is 5.06. The summed E-state index contributed by atoms with van der Waals surface area (Å²) in [7, 11) is 2.26. The first kappa shape index (κ1) is 16.0. The molecule has 0 amide bonds. The van der Waals surface area contributed by atoms with E-state index in [2.05, 4.69) is 44.2 Å². The first-order valence-electron chi connectivity index (χ1n) is 8.06. The maximum absolute atomic E-state index is 4.28. The smallest absolute Gasteiger partial charge is 0.191 e. The number of aromatic nitrogens is 3. The van der Waals surface area contributed by atoms with E-state index in [4.69, 9.17) is 0 Å². The molecule has 0 bridgehead atoms. The Hall–Kier alpha value is -0.850. The van der Waals surface area contributed by atoms with E-state index >= 15 is 0 Å². The monoisotopic (exact) mass is 336 g/mol. The van der Waals surface area contributed by atoms with Crippen LogP contribution < -0.4 is 0 Å². The van der Waals surface area contributed by atoms with Gasteiger partial charge >= 0.3 is 0 Å². The quantitative estimate of drug-likeness (QED) is 0.724. The lowest BCUT2D eigenvalue weighted by atomic mass is 10.0. The highest BCUT2D eigenvalue weighted by Gasteiger charge is 2.18. The highest BCUT2D eigenvalue weighted by molar-refractivity contribution is 7.99. The van der Waals surface area contributed by atoms with E-state index in [0.29, 0.717) is 0 Å². The number of nitrogens with zero attached hydrogens (tertiary/aromatic N) is 4. The van der Waals surface area contributed by atoms with Gasteiger partial charge in [0.2, 0.25) is 0 Å². The molecule has 1 saturated heterocycles. The van der Waals surface area contributed by atoms with Crippen LogP contribution in [-0.2, 0) is 13.0 Å². The predicted octanol–water partition coefficient (Wildman–Crippen LogP) is 3.55. The maximum atomic E-state index is 4.28. The number of hydrogen-bond acceptors (Lipinski definition) is 5. The molecule has 0 aliphatic carbocycles. The second-order valence-corrected chi connectivity index (χ2v) is 8.00. The largest absolute Gasteiger partial charge is 0.308 e. The van der Waals surface area contributed by atoms with Gasteiger partial charge in [-0.1, -0.05) is 24.2 Å². The minimum absolute atomic E-state index is 0.753. The molecular formula is C16H24N4S2. The Morgan fingerprint density at radius 2 is 2.36 bits per heavy atom. The van der Waals surface area contributed by atoms with Gasteiger partial charge in [-0.2, -0.15) is 0 Å². The zero-order valence-corrected chi connectivity index (χ0v) is 14.8. The van der Waals surface area contributed by atoms with Crippen LogP contribution in [-0.4, -0.2) is 45.1 Å². The van der Waals surface area contributed by atoms with E-state index in [-0.39, 0.29) is 0 Å². The van der Waals surface area contributed by atoms with E-state index in [1.807, 2.05) is 29.4 Å². The number of hydrogen-bond donors (Lipinski definition) is 0. The molecule has 2 aromatic heterocycles. The number of thiophene rings is 1. The fraction of sp³-hybridized carbons (Fsp3) is 0.625. The van der Waals surface area contributed by atoms with Crippen molar-refractivity contribution in [2.45, 2.75) is 49.8 Å². The lowest BCUT2D eigenvalue weighted by Crippen LogP contribution is -2.36.